The second-order valence-electron chi connectivity index (χ2n) is 13.5. The Bertz CT molecular complexity index is 1250. The summed E-state index contributed by atoms with van der Waals surface area (Å²) in [5, 5.41) is 10.1. The van der Waals surface area contributed by atoms with Crippen LogP contribution in [0.1, 0.15) is 101 Å². The molecule has 0 aliphatic heterocycles. The van der Waals surface area contributed by atoms with Crippen molar-refractivity contribution < 1.29 is 5.11 Å². The van der Waals surface area contributed by atoms with Crippen LogP contribution in [0.25, 0.3) is 0 Å². The average Bonchev–Trinajstić information content (AvgIpc) is 2.84. The summed E-state index contributed by atoms with van der Waals surface area (Å²) < 4.78 is 0. The van der Waals surface area contributed by atoms with Gasteiger partial charge in [0, 0.05) is 0 Å². The van der Waals surface area contributed by atoms with Crippen molar-refractivity contribution in [2.45, 2.75) is 107 Å². The Labute approximate surface area is 252 Å². The van der Waals surface area contributed by atoms with E-state index in [0.717, 1.165) is 12.8 Å². The molecule has 0 aromatic rings. The van der Waals surface area contributed by atoms with Gasteiger partial charge in [-0.3, -0.25) is 0 Å². The number of hydrogen-bond donors (Lipinski definition) is 1. The van der Waals surface area contributed by atoms with Crippen LogP contribution in [0, 0.1) is 10.8 Å². The zero-order valence-corrected chi connectivity index (χ0v) is 27.6. The van der Waals surface area contributed by atoms with E-state index in [9.17, 15) is 5.11 Å². The predicted octanol–water partition coefficient (Wildman–Crippen LogP) is 11.6. The van der Waals surface area contributed by atoms with Crippen LogP contribution >= 0.6 is 0 Å². The molecule has 41 heavy (non-hydrogen) atoms. The summed E-state index contributed by atoms with van der Waals surface area (Å²) in [6.45, 7) is 22.2. The van der Waals surface area contributed by atoms with Crippen LogP contribution in [0.2, 0.25) is 0 Å². The van der Waals surface area contributed by atoms with Crippen molar-refractivity contribution in [2.24, 2.45) is 10.8 Å². The Morgan fingerprint density at radius 3 is 1.54 bits per heavy atom. The summed E-state index contributed by atoms with van der Waals surface area (Å²) in [4.78, 5) is 0. The van der Waals surface area contributed by atoms with E-state index >= 15 is 0 Å². The molecule has 0 amide bonds. The molecule has 1 N–H and O–H groups in total. The van der Waals surface area contributed by atoms with Gasteiger partial charge in [-0.2, -0.15) is 0 Å². The summed E-state index contributed by atoms with van der Waals surface area (Å²) in [7, 11) is 0. The molecule has 2 aliphatic carbocycles. The van der Waals surface area contributed by atoms with Crippen molar-refractivity contribution in [3.05, 3.63) is 130 Å². The van der Waals surface area contributed by atoms with E-state index < -0.39 is 0 Å². The molecular weight excluding hydrogens is 496 g/mol. The summed E-state index contributed by atoms with van der Waals surface area (Å²) in [5.41, 5.74) is 10.9. The van der Waals surface area contributed by atoms with E-state index in [1.165, 1.54) is 58.3 Å². The lowest BCUT2D eigenvalue weighted by atomic mass is 9.71. The van der Waals surface area contributed by atoms with Gasteiger partial charge in [0.25, 0.3) is 0 Å². The lowest BCUT2D eigenvalue weighted by Crippen LogP contribution is -2.28. The average molecular weight is 553 g/mol. The first-order valence-corrected chi connectivity index (χ1v) is 15.4. The number of aliphatic hydroxyl groups excluding tert-OH is 1. The highest BCUT2D eigenvalue weighted by Gasteiger charge is 2.31. The molecule has 0 aromatic heterocycles. The van der Waals surface area contributed by atoms with Crippen molar-refractivity contribution in [3.63, 3.8) is 0 Å². The van der Waals surface area contributed by atoms with Gasteiger partial charge in [0.2, 0.25) is 0 Å². The zero-order chi connectivity index (χ0) is 30.6. The Balaban J connectivity index is 1.90. The first-order valence-electron chi connectivity index (χ1n) is 15.4. The van der Waals surface area contributed by atoms with E-state index in [1.54, 1.807) is 5.57 Å². The first-order chi connectivity index (χ1) is 19.2. The molecule has 1 unspecified atom stereocenters. The van der Waals surface area contributed by atoms with Crippen LogP contribution in [0.5, 0.6) is 0 Å². The van der Waals surface area contributed by atoms with Crippen molar-refractivity contribution in [1.82, 2.24) is 0 Å². The van der Waals surface area contributed by atoms with Gasteiger partial charge in [-0.05, 0) is 95.6 Å². The van der Waals surface area contributed by atoms with Crippen LogP contribution in [-0.2, 0) is 0 Å². The molecule has 1 heteroatoms. The largest absolute Gasteiger partial charge is 0.393 e. The molecule has 0 radical (unpaired) electrons. The fourth-order valence-corrected chi connectivity index (χ4v) is 5.96. The second kappa shape index (κ2) is 15.9. The summed E-state index contributed by atoms with van der Waals surface area (Å²) >= 11 is 0. The monoisotopic (exact) mass is 552 g/mol. The molecule has 222 valence electrons. The molecule has 0 fully saturated rings. The van der Waals surface area contributed by atoms with Crippen LogP contribution in [0.4, 0.5) is 0 Å². The van der Waals surface area contributed by atoms with Gasteiger partial charge in [0.1, 0.15) is 0 Å². The molecule has 0 bridgehead atoms. The minimum atomic E-state index is -0.220. The van der Waals surface area contributed by atoms with Crippen LogP contribution in [-0.4, -0.2) is 11.2 Å². The quantitative estimate of drug-likeness (QED) is 0.267. The van der Waals surface area contributed by atoms with Gasteiger partial charge in [0.05, 0.1) is 6.10 Å². The molecule has 0 heterocycles. The number of aliphatic hydroxyl groups is 1. The minimum Gasteiger partial charge on any atom is -0.393 e. The Kier molecular flexibility index (Phi) is 13.3. The maximum absolute atomic E-state index is 10.1. The molecule has 0 spiro atoms. The minimum absolute atomic E-state index is 0.0128. The molecular formula is C40H56O. The molecule has 2 rings (SSSR count). The van der Waals surface area contributed by atoms with Gasteiger partial charge < -0.3 is 5.11 Å². The fourth-order valence-electron chi connectivity index (χ4n) is 5.96. The van der Waals surface area contributed by atoms with Crippen molar-refractivity contribution >= 4 is 0 Å². The van der Waals surface area contributed by atoms with Crippen molar-refractivity contribution in [2.75, 3.05) is 0 Å². The van der Waals surface area contributed by atoms with E-state index in [2.05, 4.69) is 154 Å². The third kappa shape index (κ3) is 11.9. The van der Waals surface area contributed by atoms with E-state index in [0.29, 0.717) is 0 Å². The Morgan fingerprint density at radius 2 is 1.07 bits per heavy atom. The lowest BCUT2D eigenvalue weighted by molar-refractivity contribution is 0.116. The van der Waals surface area contributed by atoms with E-state index in [4.69, 9.17) is 0 Å². The van der Waals surface area contributed by atoms with Crippen LogP contribution in [0.3, 0.4) is 0 Å². The maximum atomic E-state index is 10.1. The molecule has 0 aromatic carbocycles. The second-order valence-corrected chi connectivity index (χ2v) is 13.5. The van der Waals surface area contributed by atoms with Gasteiger partial charge in [-0.25, -0.2) is 0 Å². The van der Waals surface area contributed by atoms with Gasteiger partial charge in [-0.1, -0.05) is 146 Å². The zero-order valence-electron chi connectivity index (χ0n) is 27.6. The number of allylic oxidation sites excluding steroid dienone is 21. The van der Waals surface area contributed by atoms with Crippen LogP contribution < -0.4 is 0 Å². The SMILES string of the molecule is CC1=C(/C=C/C(C)=C/C=C/C(C)=C/C=C/C=C(C)/C=C/C=C(C)/C=C/C2=C(C)CC(O)CC2(C)C)C(C)(C)CCC1. The number of rotatable bonds is 10. The highest BCUT2D eigenvalue weighted by atomic mass is 16.3. The molecule has 0 saturated carbocycles. The van der Waals surface area contributed by atoms with Gasteiger partial charge >= 0.3 is 0 Å². The maximum Gasteiger partial charge on any atom is 0.0585 e. The summed E-state index contributed by atoms with van der Waals surface area (Å²) in [6, 6.07) is 0. The third-order valence-corrected chi connectivity index (χ3v) is 8.31. The molecule has 1 atom stereocenters. The topological polar surface area (TPSA) is 20.2 Å². The van der Waals surface area contributed by atoms with Gasteiger partial charge in [-0.15, -0.1) is 0 Å². The van der Waals surface area contributed by atoms with E-state index in [-0.39, 0.29) is 16.9 Å². The van der Waals surface area contributed by atoms with Crippen LogP contribution in [0.15, 0.2) is 130 Å². The standard InChI is InChI=1S/C40H56O/c1-30(18-13-20-32(3)23-25-37-34(5)22-15-27-39(37,7)8)16-11-12-17-31(2)19-14-21-33(4)24-26-38-35(6)28-36(41)29-40(38,9)10/h11-14,16-21,23-26,36,41H,15,22,27-29H2,1-10H3/b12-11+,18-13+,19-14+,25-23+,26-24+,30-16+,31-17+,32-20+,33-21+. The van der Waals surface area contributed by atoms with Crippen molar-refractivity contribution in [3.8, 4) is 0 Å². The molecule has 2 aliphatic rings. The smallest absolute Gasteiger partial charge is 0.0585 e. The molecule has 0 saturated heterocycles. The highest BCUT2D eigenvalue weighted by Crippen LogP contribution is 2.42. The molecule has 1 nitrogen and oxygen atoms in total. The van der Waals surface area contributed by atoms with E-state index in [1.807, 2.05) is 0 Å². The van der Waals surface area contributed by atoms with Gasteiger partial charge in [0.15, 0.2) is 0 Å². The normalized spacial score (nSPS) is 23.5. The third-order valence-electron chi connectivity index (χ3n) is 8.31. The summed E-state index contributed by atoms with van der Waals surface area (Å²) in [5.74, 6) is 0. The summed E-state index contributed by atoms with van der Waals surface area (Å²) in [6.07, 6.45) is 35.5. The Morgan fingerprint density at radius 1 is 0.634 bits per heavy atom. The predicted molar refractivity (Wildman–Crippen MR) is 183 cm³/mol. The fraction of sp³-hybridized carbons (Fsp3) is 0.450. The Hall–Kier alpha value is -2.90. The highest BCUT2D eigenvalue weighted by molar-refractivity contribution is 5.39. The first kappa shape index (κ1) is 34.3. The lowest BCUT2D eigenvalue weighted by Gasteiger charge is -2.35. The number of hydrogen-bond acceptors (Lipinski definition) is 1. The van der Waals surface area contributed by atoms with Crippen molar-refractivity contribution in [1.29, 1.82) is 0 Å².